The number of hydrogen-bond acceptors (Lipinski definition) is 3. The number of fused-ring (bicyclic) bond motifs is 1. The molecule has 4 rings (SSSR count). The number of carbonyl (C=O) groups excluding carboxylic acids is 1. The first kappa shape index (κ1) is 15.5. The number of Topliss-reactive ketones (excluding diaryl/α,β-unsaturated/α-hetero) is 1. The van der Waals surface area contributed by atoms with Gasteiger partial charge in [-0.1, -0.05) is 60.7 Å². The van der Waals surface area contributed by atoms with E-state index in [1.807, 2.05) is 78.9 Å². The Balaban J connectivity index is 1.58. The van der Waals surface area contributed by atoms with Crippen LogP contribution in [0, 0.1) is 0 Å². The van der Waals surface area contributed by atoms with Crippen LogP contribution in [-0.4, -0.2) is 5.78 Å². The molecule has 3 nitrogen and oxygen atoms in total. The molecule has 0 saturated carbocycles. The first-order valence-corrected chi connectivity index (χ1v) is 8.36. The minimum Gasteiger partial charge on any atom is -0.488 e. The summed E-state index contributed by atoms with van der Waals surface area (Å²) in [7, 11) is 0. The molecule has 0 spiro atoms. The molecule has 0 aromatic heterocycles. The van der Waals surface area contributed by atoms with Gasteiger partial charge in [-0.2, -0.15) is 0 Å². The molecule has 3 aromatic carbocycles. The number of hydrogen-bond donors (Lipinski definition) is 0. The molecule has 0 N–H and O–H groups in total. The maximum absolute atomic E-state index is 12.4. The van der Waals surface area contributed by atoms with Crippen molar-refractivity contribution in [2.45, 2.75) is 19.1 Å². The van der Waals surface area contributed by atoms with Gasteiger partial charge in [-0.15, -0.1) is 0 Å². The first-order chi connectivity index (χ1) is 12.3. The van der Waals surface area contributed by atoms with E-state index in [9.17, 15) is 4.79 Å². The van der Waals surface area contributed by atoms with Crippen LogP contribution in [0.15, 0.2) is 78.9 Å². The van der Waals surface area contributed by atoms with E-state index in [1.54, 1.807) is 0 Å². The average Bonchev–Trinajstić information content (AvgIpc) is 2.67. The van der Waals surface area contributed by atoms with Gasteiger partial charge in [0, 0.05) is 5.56 Å². The normalized spacial score (nSPS) is 16.0. The second kappa shape index (κ2) is 6.81. The minimum atomic E-state index is -0.325. The van der Waals surface area contributed by atoms with Gasteiger partial charge < -0.3 is 9.47 Å². The van der Waals surface area contributed by atoms with Crippen molar-refractivity contribution in [3.05, 3.63) is 95.6 Å². The largest absolute Gasteiger partial charge is 0.488 e. The smallest absolute Gasteiger partial charge is 0.170 e. The summed E-state index contributed by atoms with van der Waals surface area (Å²) in [5, 5.41) is 0. The van der Waals surface area contributed by atoms with Crippen LogP contribution >= 0.6 is 0 Å². The molecule has 1 aliphatic heterocycles. The summed E-state index contributed by atoms with van der Waals surface area (Å²) in [6.07, 6.45) is -0.00251. The molecule has 124 valence electrons. The Morgan fingerprint density at radius 3 is 2.48 bits per heavy atom. The van der Waals surface area contributed by atoms with Crippen molar-refractivity contribution in [1.29, 1.82) is 0 Å². The molecule has 0 saturated heterocycles. The zero-order valence-corrected chi connectivity index (χ0v) is 13.7. The van der Waals surface area contributed by atoms with Crippen LogP contribution in [0.1, 0.15) is 34.0 Å². The van der Waals surface area contributed by atoms with E-state index in [4.69, 9.17) is 9.47 Å². The summed E-state index contributed by atoms with van der Waals surface area (Å²) in [5.41, 5.74) is 2.66. The van der Waals surface area contributed by atoms with Crippen LogP contribution in [0.4, 0.5) is 0 Å². The average molecular weight is 330 g/mol. The van der Waals surface area contributed by atoms with E-state index in [0.29, 0.717) is 24.3 Å². The second-order valence-electron chi connectivity index (χ2n) is 6.04. The minimum absolute atomic E-state index is 0.102. The van der Waals surface area contributed by atoms with Crippen molar-refractivity contribution in [2.75, 3.05) is 0 Å². The summed E-state index contributed by atoms with van der Waals surface area (Å²) in [6.45, 7) is 0.481. The highest BCUT2D eigenvalue weighted by atomic mass is 16.5. The van der Waals surface area contributed by atoms with Crippen LogP contribution in [0.2, 0.25) is 0 Å². The van der Waals surface area contributed by atoms with Gasteiger partial charge in [0.25, 0.3) is 0 Å². The molecule has 0 unspecified atom stereocenters. The monoisotopic (exact) mass is 330 g/mol. The molecule has 0 bridgehead atoms. The van der Waals surface area contributed by atoms with E-state index in [-0.39, 0.29) is 11.9 Å². The zero-order valence-electron chi connectivity index (χ0n) is 13.7. The Bertz CT molecular complexity index is 887. The van der Waals surface area contributed by atoms with Gasteiger partial charge >= 0.3 is 0 Å². The number of rotatable bonds is 4. The summed E-state index contributed by atoms with van der Waals surface area (Å²) in [5.74, 6) is 1.50. The Kier molecular flexibility index (Phi) is 4.21. The number of ether oxygens (including phenoxy) is 2. The molecule has 0 radical (unpaired) electrons. The summed E-state index contributed by atoms with van der Waals surface area (Å²) in [6, 6.07) is 25.2. The summed E-state index contributed by atoms with van der Waals surface area (Å²) >= 11 is 0. The Morgan fingerprint density at radius 2 is 1.60 bits per heavy atom. The lowest BCUT2D eigenvalue weighted by Crippen LogP contribution is -2.20. The molecule has 1 atom stereocenters. The van der Waals surface area contributed by atoms with Gasteiger partial charge in [0.1, 0.15) is 24.2 Å². The second-order valence-corrected chi connectivity index (χ2v) is 6.04. The number of benzene rings is 3. The third-order valence-electron chi connectivity index (χ3n) is 4.33. The molecule has 0 aliphatic carbocycles. The lowest BCUT2D eigenvalue weighted by atomic mass is 9.96. The van der Waals surface area contributed by atoms with Gasteiger partial charge in [-0.05, 0) is 23.8 Å². The molecule has 1 aliphatic rings. The van der Waals surface area contributed by atoms with Gasteiger partial charge in [-0.3, -0.25) is 4.79 Å². The van der Waals surface area contributed by atoms with Crippen LogP contribution in [0.3, 0.4) is 0 Å². The molecule has 1 heterocycles. The van der Waals surface area contributed by atoms with E-state index >= 15 is 0 Å². The van der Waals surface area contributed by atoms with Crippen LogP contribution in [0.5, 0.6) is 11.5 Å². The standard InChI is InChI=1S/C22H18O3/c23-19-14-22(25-21-13-7-4-10-17(19)21)18-11-5-6-12-20(18)24-15-16-8-2-1-3-9-16/h1-13,22H,14-15H2/t22-/m1/s1. The van der Waals surface area contributed by atoms with Crippen LogP contribution in [-0.2, 0) is 6.61 Å². The third kappa shape index (κ3) is 3.26. The van der Waals surface area contributed by atoms with E-state index in [0.717, 1.165) is 16.9 Å². The Hall–Kier alpha value is -3.07. The highest BCUT2D eigenvalue weighted by molar-refractivity contribution is 6.00. The third-order valence-corrected chi connectivity index (χ3v) is 4.33. The van der Waals surface area contributed by atoms with Crippen molar-refractivity contribution >= 4 is 5.78 Å². The van der Waals surface area contributed by atoms with Gasteiger partial charge in [0.2, 0.25) is 0 Å². The van der Waals surface area contributed by atoms with Crippen molar-refractivity contribution in [3.8, 4) is 11.5 Å². The molecule has 0 fully saturated rings. The SMILES string of the molecule is O=C1C[C@H](c2ccccc2OCc2ccccc2)Oc2ccccc21. The van der Waals surface area contributed by atoms with Gasteiger partial charge in [-0.25, -0.2) is 0 Å². The summed E-state index contributed by atoms with van der Waals surface area (Å²) in [4.78, 5) is 12.4. The fourth-order valence-corrected chi connectivity index (χ4v) is 3.06. The van der Waals surface area contributed by atoms with Crippen molar-refractivity contribution in [3.63, 3.8) is 0 Å². The van der Waals surface area contributed by atoms with Crippen LogP contribution < -0.4 is 9.47 Å². The van der Waals surface area contributed by atoms with E-state index in [1.165, 1.54) is 0 Å². The highest BCUT2D eigenvalue weighted by Crippen LogP contribution is 2.38. The van der Waals surface area contributed by atoms with Crippen molar-refractivity contribution in [2.24, 2.45) is 0 Å². The quantitative estimate of drug-likeness (QED) is 0.677. The lowest BCUT2D eigenvalue weighted by Gasteiger charge is -2.26. The lowest BCUT2D eigenvalue weighted by molar-refractivity contribution is 0.0845. The number of carbonyl (C=O) groups is 1. The Labute approximate surface area is 146 Å². The van der Waals surface area contributed by atoms with E-state index in [2.05, 4.69) is 0 Å². The molecule has 25 heavy (non-hydrogen) atoms. The molecular formula is C22H18O3. The summed E-state index contributed by atoms with van der Waals surface area (Å²) < 4.78 is 12.1. The van der Waals surface area contributed by atoms with Crippen LogP contribution in [0.25, 0.3) is 0 Å². The fourth-order valence-electron chi connectivity index (χ4n) is 3.06. The van der Waals surface area contributed by atoms with E-state index < -0.39 is 0 Å². The number of ketones is 1. The fraction of sp³-hybridized carbons (Fsp3) is 0.136. The molecular weight excluding hydrogens is 312 g/mol. The molecule has 0 amide bonds. The maximum atomic E-state index is 12.4. The zero-order chi connectivity index (χ0) is 17.1. The van der Waals surface area contributed by atoms with Crippen molar-refractivity contribution in [1.82, 2.24) is 0 Å². The maximum Gasteiger partial charge on any atom is 0.170 e. The van der Waals surface area contributed by atoms with Gasteiger partial charge in [0.05, 0.1) is 12.0 Å². The molecule has 3 aromatic rings. The Morgan fingerprint density at radius 1 is 0.880 bits per heavy atom. The first-order valence-electron chi connectivity index (χ1n) is 8.36. The van der Waals surface area contributed by atoms with Gasteiger partial charge in [0.15, 0.2) is 5.78 Å². The number of para-hydroxylation sites is 2. The predicted molar refractivity (Wildman–Crippen MR) is 96.0 cm³/mol. The van der Waals surface area contributed by atoms with Crippen molar-refractivity contribution < 1.29 is 14.3 Å². The molecule has 3 heteroatoms. The highest BCUT2D eigenvalue weighted by Gasteiger charge is 2.29. The topological polar surface area (TPSA) is 35.5 Å². The predicted octanol–water partition coefficient (Wildman–Crippen LogP) is 4.97.